The average Bonchev–Trinajstić information content (AvgIpc) is 2.94. The van der Waals surface area contributed by atoms with Crippen LogP contribution in [0.1, 0.15) is 44.9 Å². The zero-order valence-electron chi connectivity index (χ0n) is 12.2. The lowest BCUT2D eigenvalue weighted by molar-refractivity contribution is -0.142. The molecule has 1 unspecified atom stereocenters. The summed E-state index contributed by atoms with van der Waals surface area (Å²) in [6, 6.07) is 0. The maximum absolute atomic E-state index is 12.5. The first-order valence-corrected chi connectivity index (χ1v) is 7.70. The molecule has 0 radical (unpaired) electrons. The van der Waals surface area contributed by atoms with E-state index in [1.807, 2.05) is 4.90 Å². The molecular formula is C15H23NO5. The number of hydrogen-bond acceptors (Lipinski definition) is 3. The molecule has 118 valence electrons. The highest BCUT2D eigenvalue weighted by molar-refractivity contribution is 5.81. The van der Waals surface area contributed by atoms with Gasteiger partial charge in [0.2, 0.25) is 5.91 Å². The van der Waals surface area contributed by atoms with Gasteiger partial charge in [0.1, 0.15) is 0 Å². The van der Waals surface area contributed by atoms with Gasteiger partial charge >= 0.3 is 11.9 Å². The zero-order valence-corrected chi connectivity index (χ0v) is 12.2. The third-order valence-corrected chi connectivity index (χ3v) is 4.73. The van der Waals surface area contributed by atoms with Gasteiger partial charge in [-0.25, -0.2) is 0 Å². The monoisotopic (exact) mass is 297 g/mol. The number of carboxylic acid groups (broad SMARTS) is 2. The molecule has 1 saturated carbocycles. The minimum Gasteiger partial charge on any atom is -0.481 e. The lowest BCUT2D eigenvalue weighted by Crippen LogP contribution is -2.42. The van der Waals surface area contributed by atoms with E-state index in [0.717, 1.165) is 19.4 Å². The lowest BCUT2D eigenvalue weighted by Gasteiger charge is -2.34. The minimum absolute atomic E-state index is 0.0683. The summed E-state index contributed by atoms with van der Waals surface area (Å²) >= 11 is 0. The Morgan fingerprint density at radius 1 is 1.05 bits per heavy atom. The first kappa shape index (κ1) is 15.8. The fourth-order valence-corrected chi connectivity index (χ4v) is 3.52. The van der Waals surface area contributed by atoms with Crippen molar-refractivity contribution in [2.45, 2.75) is 44.9 Å². The second-order valence-electron chi connectivity index (χ2n) is 6.27. The third-order valence-electron chi connectivity index (χ3n) is 4.73. The van der Waals surface area contributed by atoms with E-state index in [-0.39, 0.29) is 30.1 Å². The van der Waals surface area contributed by atoms with Crippen molar-refractivity contribution >= 4 is 17.8 Å². The molecule has 2 rings (SSSR count). The van der Waals surface area contributed by atoms with Gasteiger partial charge < -0.3 is 15.1 Å². The lowest BCUT2D eigenvalue weighted by atomic mass is 9.92. The highest BCUT2D eigenvalue weighted by Crippen LogP contribution is 2.33. The second kappa shape index (κ2) is 6.91. The molecular weight excluding hydrogens is 274 g/mol. The number of likely N-dealkylation sites (tertiary alicyclic amines) is 1. The Hall–Kier alpha value is -1.59. The Morgan fingerprint density at radius 3 is 2.38 bits per heavy atom. The van der Waals surface area contributed by atoms with E-state index in [1.54, 1.807) is 0 Å². The molecule has 21 heavy (non-hydrogen) atoms. The van der Waals surface area contributed by atoms with Gasteiger partial charge in [0, 0.05) is 25.4 Å². The fraction of sp³-hybridized carbons (Fsp3) is 0.800. The van der Waals surface area contributed by atoms with Gasteiger partial charge in [0.25, 0.3) is 0 Å². The van der Waals surface area contributed by atoms with Crippen LogP contribution in [0.25, 0.3) is 0 Å². The van der Waals surface area contributed by atoms with Gasteiger partial charge in [-0.15, -0.1) is 0 Å². The van der Waals surface area contributed by atoms with Crippen LogP contribution in [0.5, 0.6) is 0 Å². The number of carboxylic acids is 2. The van der Waals surface area contributed by atoms with Crippen LogP contribution < -0.4 is 0 Å². The van der Waals surface area contributed by atoms with Crippen LogP contribution in [0.15, 0.2) is 0 Å². The average molecular weight is 297 g/mol. The number of amides is 1. The predicted octanol–water partition coefficient (Wildman–Crippen LogP) is 1.59. The molecule has 0 spiro atoms. The summed E-state index contributed by atoms with van der Waals surface area (Å²) in [7, 11) is 0. The molecule has 1 heterocycles. The van der Waals surface area contributed by atoms with Gasteiger partial charge in [0.05, 0.1) is 5.92 Å². The van der Waals surface area contributed by atoms with Crippen LogP contribution in [0, 0.1) is 17.8 Å². The summed E-state index contributed by atoms with van der Waals surface area (Å²) in [5.41, 5.74) is 0. The summed E-state index contributed by atoms with van der Waals surface area (Å²) in [6.07, 6.45) is 4.34. The van der Waals surface area contributed by atoms with E-state index in [4.69, 9.17) is 10.2 Å². The second-order valence-corrected chi connectivity index (χ2v) is 6.27. The van der Waals surface area contributed by atoms with Gasteiger partial charge in [0.15, 0.2) is 0 Å². The van der Waals surface area contributed by atoms with E-state index >= 15 is 0 Å². The highest BCUT2D eigenvalue weighted by atomic mass is 16.4. The van der Waals surface area contributed by atoms with Gasteiger partial charge in [-0.3, -0.25) is 14.4 Å². The number of carbonyl (C=O) groups is 3. The van der Waals surface area contributed by atoms with Crippen molar-refractivity contribution in [3.05, 3.63) is 0 Å². The summed E-state index contributed by atoms with van der Waals surface area (Å²) in [5.74, 6) is -1.81. The standard InChI is InChI=1S/C15H23NO5/c17-13(18)6-3-10-2-1-7-16(9-10)14(19)11-4-5-12(8-11)15(20)21/h10-12H,1-9H2,(H,17,18)(H,20,21)/t10?,11-,12+/m1/s1. The third kappa shape index (κ3) is 4.19. The number of hydrogen-bond donors (Lipinski definition) is 2. The van der Waals surface area contributed by atoms with E-state index in [9.17, 15) is 14.4 Å². The van der Waals surface area contributed by atoms with E-state index in [2.05, 4.69) is 0 Å². The summed E-state index contributed by atoms with van der Waals surface area (Å²) in [4.78, 5) is 35.9. The van der Waals surface area contributed by atoms with Crippen molar-refractivity contribution in [1.29, 1.82) is 0 Å². The van der Waals surface area contributed by atoms with Crippen LogP contribution in [-0.4, -0.2) is 46.0 Å². The van der Waals surface area contributed by atoms with Crippen LogP contribution in [0.4, 0.5) is 0 Å². The summed E-state index contributed by atoms with van der Waals surface area (Å²) in [6.45, 7) is 1.34. The molecule has 6 heteroatoms. The Labute approximate surface area is 124 Å². The van der Waals surface area contributed by atoms with Gasteiger partial charge in [-0.05, 0) is 44.4 Å². The van der Waals surface area contributed by atoms with Gasteiger partial charge in [-0.2, -0.15) is 0 Å². The maximum Gasteiger partial charge on any atom is 0.306 e. The molecule has 2 fully saturated rings. The number of piperidine rings is 1. The fourth-order valence-electron chi connectivity index (χ4n) is 3.52. The highest BCUT2D eigenvalue weighted by Gasteiger charge is 2.37. The van der Waals surface area contributed by atoms with E-state index in [0.29, 0.717) is 32.2 Å². The van der Waals surface area contributed by atoms with Crippen molar-refractivity contribution in [1.82, 2.24) is 4.90 Å². The largest absolute Gasteiger partial charge is 0.481 e. The Bertz CT molecular complexity index is 422. The molecule has 6 nitrogen and oxygen atoms in total. The van der Waals surface area contributed by atoms with Crippen molar-refractivity contribution < 1.29 is 24.6 Å². The number of nitrogens with zero attached hydrogens (tertiary/aromatic N) is 1. The summed E-state index contributed by atoms with van der Waals surface area (Å²) in [5, 5.41) is 17.7. The van der Waals surface area contributed by atoms with Crippen molar-refractivity contribution in [3.8, 4) is 0 Å². The van der Waals surface area contributed by atoms with Crippen LogP contribution in [0.3, 0.4) is 0 Å². The van der Waals surface area contributed by atoms with E-state index in [1.165, 1.54) is 0 Å². The normalized spacial score (nSPS) is 29.3. The topological polar surface area (TPSA) is 94.9 Å². The molecule has 0 aromatic heterocycles. The predicted molar refractivity (Wildman–Crippen MR) is 74.6 cm³/mol. The number of rotatable bonds is 5. The minimum atomic E-state index is -0.803. The van der Waals surface area contributed by atoms with Crippen molar-refractivity contribution in [3.63, 3.8) is 0 Å². The van der Waals surface area contributed by atoms with Crippen molar-refractivity contribution in [2.24, 2.45) is 17.8 Å². The molecule has 1 aliphatic carbocycles. The Kier molecular flexibility index (Phi) is 5.20. The molecule has 1 amide bonds. The van der Waals surface area contributed by atoms with Gasteiger partial charge in [-0.1, -0.05) is 0 Å². The molecule has 2 N–H and O–H groups in total. The Morgan fingerprint density at radius 2 is 1.76 bits per heavy atom. The zero-order chi connectivity index (χ0) is 15.4. The number of aliphatic carboxylic acids is 2. The number of carbonyl (C=O) groups excluding carboxylic acids is 1. The molecule has 0 bridgehead atoms. The molecule has 0 aromatic carbocycles. The molecule has 3 atom stereocenters. The van der Waals surface area contributed by atoms with Crippen molar-refractivity contribution in [2.75, 3.05) is 13.1 Å². The SMILES string of the molecule is O=C(O)CCC1CCCN(C(=O)[C@@H]2CC[C@H](C(=O)O)C2)C1. The molecule has 2 aliphatic rings. The smallest absolute Gasteiger partial charge is 0.306 e. The first-order chi connectivity index (χ1) is 9.97. The molecule has 0 aromatic rings. The van der Waals surface area contributed by atoms with Crippen LogP contribution in [0.2, 0.25) is 0 Å². The Balaban J connectivity index is 1.85. The first-order valence-electron chi connectivity index (χ1n) is 7.70. The summed E-state index contributed by atoms with van der Waals surface area (Å²) < 4.78 is 0. The quantitative estimate of drug-likeness (QED) is 0.803. The molecule has 1 aliphatic heterocycles. The maximum atomic E-state index is 12.5. The molecule has 1 saturated heterocycles. The van der Waals surface area contributed by atoms with Crippen LogP contribution >= 0.6 is 0 Å². The van der Waals surface area contributed by atoms with E-state index < -0.39 is 11.9 Å². The van der Waals surface area contributed by atoms with Crippen LogP contribution in [-0.2, 0) is 14.4 Å².